The molecule has 0 aliphatic carbocycles. The lowest BCUT2D eigenvalue weighted by molar-refractivity contribution is -0.165. The van der Waals surface area contributed by atoms with Gasteiger partial charge in [-0.25, -0.2) is 4.79 Å². The van der Waals surface area contributed by atoms with Crippen LogP contribution in [0.1, 0.15) is 42.1 Å². The lowest BCUT2D eigenvalue weighted by atomic mass is 9.94. The molecular weight excluding hydrogens is 811 g/mol. The van der Waals surface area contributed by atoms with Crippen molar-refractivity contribution in [1.29, 1.82) is 0 Å². The third-order valence-corrected chi connectivity index (χ3v) is 8.52. The first-order valence-electron chi connectivity index (χ1n) is 17.0. The largest absolute Gasteiger partial charge is 0.497 e. The Morgan fingerprint density at radius 1 is 0.759 bits per heavy atom. The number of benzene rings is 3. The maximum atomic E-state index is 15.5. The Labute approximate surface area is 331 Å². The van der Waals surface area contributed by atoms with Crippen LogP contribution in [0.2, 0.25) is 5.02 Å². The third-order valence-electron chi connectivity index (χ3n) is 8.29. The van der Waals surface area contributed by atoms with Crippen molar-refractivity contribution < 1.29 is 69.3 Å². The molecule has 58 heavy (non-hydrogen) atoms. The smallest absolute Gasteiger partial charge is 0.405 e. The molecule has 0 spiro atoms. The second kappa shape index (κ2) is 19.5. The molecule has 314 valence electrons. The highest BCUT2D eigenvalue weighted by molar-refractivity contribution is 6.30. The summed E-state index contributed by atoms with van der Waals surface area (Å²) in [6, 6.07) is 8.87. The van der Waals surface area contributed by atoms with E-state index in [1.54, 1.807) is 0 Å². The van der Waals surface area contributed by atoms with Crippen LogP contribution in [-0.2, 0) is 42.9 Å². The number of Topliss-reactive ketones (excluding diaryl/α,β-unsaturated/α-hetero) is 1. The average Bonchev–Trinajstić information content (AvgIpc) is 3.16. The van der Waals surface area contributed by atoms with Crippen LogP contribution in [0.5, 0.6) is 5.75 Å². The van der Waals surface area contributed by atoms with Gasteiger partial charge in [0, 0.05) is 23.6 Å². The summed E-state index contributed by atoms with van der Waals surface area (Å²) in [6.07, 6.45) is -6.93. The molecule has 0 fully saturated rings. The Kier molecular flexibility index (Phi) is 15.6. The predicted octanol–water partition coefficient (Wildman–Crippen LogP) is 4.82. The fraction of sp³-hybridized carbons (Fsp3) is 0.351. The van der Waals surface area contributed by atoms with Gasteiger partial charge in [0.25, 0.3) is 11.8 Å². The van der Waals surface area contributed by atoms with Crippen LogP contribution in [0.3, 0.4) is 0 Å². The maximum Gasteiger partial charge on any atom is 0.405 e. The third kappa shape index (κ3) is 12.8. The van der Waals surface area contributed by atoms with E-state index in [0.717, 1.165) is 23.5 Å². The van der Waals surface area contributed by atoms with Gasteiger partial charge >= 0.3 is 24.1 Å². The Morgan fingerprint density at radius 3 is 1.90 bits per heavy atom. The van der Waals surface area contributed by atoms with Crippen molar-refractivity contribution in [2.24, 2.45) is 5.92 Å². The van der Waals surface area contributed by atoms with Crippen molar-refractivity contribution in [1.82, 2.24) is 26.6 Å². The maximum absolute atomic E-state index is 15.5. The van der Waals surface area contributed by atoms with Gasteiger partial charge in [0.15, 0.2) is 0 Å². The molecule has 0 radical (unpaired) electrons. The van der Waals surface area contributed by atoms with Crippen molar-refractivity contribution in [2.45, 2.75) is 63.0 Å². The topological polar surface area (TPSA) is 192 Å². The van der Waals surface area contributed by atoms with Gasteiger partial charge in [-0.05, 0) is 46.9 Å². The second-order valence-corrected chi connectivity index (χ2v) is 13.4. The Balaban J connectivity index is 2.01. The number of hydrogen-bond donors (Lipinski definition) is 6. The molecule has 0 bridgehead atoms. The molecule has 13 nitrogen and oxygen atoms in total. The van der Waals surface area contributed by atoms with E-state index in [-0.39, 0.29) is 28.4 Å². The van der Waals surface area contributed by atoms with Gasteiger partial charge in [0.1, 0.15) is 24.4 Å². The van der Waals surface area contributed by atoms with Gasteiger partial charge in [0.05, 0.1) is 13.2 Å². The summed E-state index contributed by atoms with van der Waals surface area (Å²) in [5.74, 6) is -19.8. The van der Waals surface area contributed by atoms with Crippen LogP contribution >= 0.6 is 11.6 Å². The highest BCUT2D eigenvalue weighted by Gasteiger charge is 2.52. The molecule has 0 aromatic heterocycles. The first-order chi connectivity index (χ1) is 27.0. The van der Waals surface area contributed by atoms with Crippen LogP contribution in [0, 0.1) is 5.92 Å². The van der Waals surface area contributed by atoms with Crippen molar-refractivity contribution in [2.75, 3.05) is 13.7 Å². The van der Waals surface area contributed by atoms with Gasteiger partial charge < -0.3 is 36.4 Å². The van der Waals surface area contributed by atoms with Crippen molar-refractivity contribution in [3.8, 4) is 5.75 Å². The van der Waals surface area contributed by atoms with E-state index in [1.807, 2.05) is 10.6 Å². The van der Waals surface area contributed by atoms with Crippen LogP contribution in [-0.4, -0.2) is 78.4 Å². The highest BCUT2D eigenvalue weighted by atomic mass is 35.5. The Bertz CT molecular complexity index is 1970. The van der Waals surface area contributed by atoms with Gasteiger partial charge in [0.2, 0.25) is 17.6 Å². The summed E-state index contributed by atoms with van der Waals surface area (Å²) in [7, 11) is 1.30. The molecule has 6 N–H and O–H groups in total. The summed E-state index contributed by atoms with van der Waals surface area (Å²) in [5, 5.41) is 18.0. The van der Waals surface area contributed by atoms with Gasteiger partial charge in [-0.1, -0.05) is 74.0 Å². The minimum atomic E-state index is -5.10. The number of rotatable bonds is 18. The number of ether oxygens (including phenoxy) is 1. The molecule has 0 saturated heterocycles. The summed E-state index contributed by atoms with van der Waals surface area (Å²) in [6.45, 7) is 0.0307. The van der Waals surface area contributed by atoms with Crippen molar-refractivity contribution in [3.63, 3.8) is 0 Å². The molecule has 3 rings (SSSR count). The minimum Gasteiger partial charge on any atom is -0.497 e. The van der Waals surface area contributed by atoms with Crippen LogP contribution < -0.4 is 31.3 Å². The lowest BCUT2D eigenvalue weighted by Gasteiger charge is -2.29. The van der Waals surface area contributed by atoms with Crippen LogP contribution in [0.25, 0.3) is 0 Å². The summed E-state index contributed by atoms with van der Waals surface area (Å²) in [4.78, 5) is 76.9. The average molecular weight is 848 g/mol. The highest BCUT2D eigenvalue weighted by Crippen LogP contribution is 2.31. The molecule has 0 aliphatic heterocycles. The summed E-state index contributed by atoms with van der Waals surface area (Å²) in [5.41, 5.74) is -0.234. The lowest BCUT2D eigenvalue weighted by Crippen LogP contribution is -2.59. The summed E-state index contributed by atoms with van der Waals surface area (Å²) >= 11 is 5.85. The fourth-order valence-corrected chi connectivity index (χ4v) is 5.38. The normalized spacial score (nSPS) is 13.4. The van der Waals surface area contributed by atoms with Crippen LogP contribution in [0.15, 0.2) is 72.8 Å². The zero-order chi connectivity index (χ0) is 43.6. The van der Waals surface area contributed by atoms with E-state index in [1.165, 1.54) is 75.6 Å². The molecule has 0 heterocycles. The molecule has 3 unspecified atom stereocenters. The fourth-order valence-electron chi connectivity index (χ4n) is 5.19. The number of carboxylic acid groups (broad SMARTS) is 1. The minimum absolute atomic E-state index is 0.0964. The van der Waals surface area contributed by atoms with Gasteiger partial charge in [-0.3, -0.25) is 24.0 Å². The number of alkyl halides is 7. The number of methoxy groups -OCH3 is 1. The number of carbonyl (C=O) groups excluding carboxylic acids is 5. The van der Waals surface area contributed by atoms with E-state index in [9.17, 15) is 50.7 Å². The number of halogens is 8. The Hall–Kier alpha value is -5.92. The first kappa shape index (κ1) is 46.5. The predicted molar refractivity (Wildman–Crippen MR) is 192 cm³/mol. The monoisotopic (exact) mass is 847 g/mol. The Morgan fingerprint density at radius 2 is 1.36 bits per heavy atom. The number of nitrogens with one attached hydrogen (secondary N) is 5. The van der Waals surface area contributed by atoms with E-state index < -0.39 is 96.1 Å². The molecule has 3 atom stereocenters. The van der Waals surface area contributed by atoms with Crippen molar-refractivity contribution in [3.05, 3.63) is 100 Å². The van der Waals surface area contributed by atoms with Crippen LogP contribution in [0.4, 0.5) is 35.5 Å². The van der Waals surface area contributed by atoms with Gasteiger partial charge in [-0.2, -0.15) is 30.7 Å². The number of ketones is 1. The standard InChI is InChI=1S/C37H37ClF7N5O8/c1-19(2)27(29(51)37(44,45)32(54)47-18-35(39,40)41)49-31(53)28(22-11-13-25(58-3)14-12-22)50-30(52)26(15-20-7-9-21(10-8-20)17-46-34(56)57)48-33(55)36(42,43)23-5-4-6-24(38)16-23/h4-14,16,19,26-28,46H,15,17-18H2,1-3H3,(H,47,54)(H,48,55)(H,49,53)(H,50,52)(H,56,57). The van der Waals surface area contributed by atoms with E-state index in [0.29, 0.717) is 5.56 Å². The zero-order valence-electron chi connectivity index (χ0n) is 30.7. The molecule has 21 heteroatoms. The molecule has 3 aromatic rings. The van der Waals surface area contributed by atoms with Gasteiger partial charge in [-0.15, -0.1) is 0 Å². The zero-order valence-corrected chi connectivity index (χ0v) is 31.4. The van der Waals surface area contributed by atoms with E-state index in [2.05, 4.69) is 10.6 Å². The molecule has 3 aromatic carbocycles. The number of hydrogen-bond acceptors (Lipinski definition) is 7. The molecular formula is C37H37ClF7N5O8. The molecule has 5 amide bonds. The second-order valence-electron chi connectivity index (χ2n) is 13.0. The first-order valence-corrected chi connectivity index (χ1v) is 17.3. The van der Waals surface area contributed by atoms with Crippen molar-refractivity contribution >= 4 is 47.1 Å². The quantitative estimate of drug-likeness (QED) is 0.0776. The van der Waals surface area contributed by atoms with E-state index in [4.69, 9.17) is 21.4 Å². The molecule has 0 saturated carbocycles. The SMILES string of the molecule is COc1ccc(C(NC(=O)C(Cc2ccc(CNC(=O)O)cc2)NC(=O)C(F)(F)c2cccc(Cl)c2)C(=O)NC(C(=O)C(F)(F)C(=O)NCC(F)(F)F)C(C)C)cc1. The van der Waals surface area contributed by atoms with E-state index >= 15 is 8.78 Å². The summed E-state index contributed by atoms with van der Waals surface area (Å²) < 4.78 is 104. The number of carbonyl (C=O) groups is 6. The molecule has 0 aliphatic rings. The number of amides is 5.